The molecule has 7 heteroatoms. The van der Waals surface area contributed by atoms with Crippen LogP contribution in [0.2, 0.25) is 0 Å². The van der Waals surface area contributed by atoms with Crippen LogP contribution >= 0.6 is 0 Å². The summed E-state index contributed by atoms with van der Waals surface area (Å²) in [5, 5.41) is 2.88. The smallest absolute Gasteiger partial charge is 0.326 e. The zero-order valence-corrected chi connectivity index (χ0v) is 15.9. The Morgan fingerprint density at radius 3 is 2.66 bits per heavy atom. The number of hydrogen-bond donors (Lipinski definition) is 1. The van der Waals surface area contributed by atoms with Gasteiger partial charge in [0, 0.05) is 30.8 Å². The van der Waals surface area contributed by atoms with Gasteiger partial charge < -0.3 is 10.2 Å². The van der Waals surface area contributed by atoms with E-state index in [0.717, 1.165) is 36.2 Å². The van der Waals surface area contributed by atoms with E-state index in [0.29, 0.717) is 24.2 Å². The van der Waals surface area contributed by atoms with Crippen LogP contribution in [0.4, 0.5) is 24.5 Å². The Labute approximate surface area is 166 Å². The second-order valence-corrected chi connectivity index (χ2v) is 7.68. The van der Waals surface area contributed by atoms with Crippen LogP contribution in [-0.4, -0.2) is 18.4 Å². The molecule has 1 N–H and O–H groups in total. The van der Waals surface area contributed by atoms with Crippen molar-refractivity contribution in [2.24, 2.45) is 5.92 Å². The predicted octanol–water partition coefficient (Wildman–Crippen LogP) is 4.75. The van der Waals surface area contributed by atoms with Gasteiger partial charge in [-0.25, -0.2) is 0 Å². The molecule has 1 saturated carbocycles. The number of aryl methyl sites for hydroxylation is 1. The van der Waals surface area contributed by atoms with E-state index in [9.17, 15) is 22.8 Å². The highest BCUT2D eigenvalue weighted by Gasteiger charge is 2.44. The highest BCUT2D eigenvalue weighted by Crippen LogP contribution is 2.49. The minimum Gasteiger partial charge on any atom is -0.326 e. The van der Waals surface area contributed by atoms with Crippen LogP contribution < -0.4 is 10.2 Å². The van der Waals surface area contributed by atoms with Gasteiger partial charge in [0.25, 0.3) is 0 Å². The first-order chi connectivity index (χ1) is 13.7. The molecule has 2 aliphatic rings. The number of alkyl halides is 3. The largest absolute Gasteiger partial charge is 0.416 e. The molecule has 1 heterocycles. The number of halogens is 3. The van der Waals surface area contributed by atoms with Gasteiger partial charge in [-0.05, 0) is 60.6 Å². The number of benzene rings is 2. The summed E-state index contributed by atoms with van der Waals surface area (Å²) in [6.07, 6.45) is -2.15. The molecule has 2 unspecified atom stereocenters. The SMILES string of the molecule is CC(=O)N1CCCc2cc(NC(=O)C3CC3c3cccc(C(F)(F)F)c3)ccc21. The number of amides is 2. The molecular weight excluding hydrogens is 381 g/mol. The molecule has 0 saturated heterocycles. The van der Waals surface area contributed by atoms with Crippen LogP contribution in [0.3, 0.4) is 0 Å². The highest BCUT2D eigenvalue weighted by atomic mass is 19.4. The minimum atomic E-state index is -4.39. The highest BCUT2D eigenvalue weighted by molar-refractivity contribution is 5.97. The molecule has 0 radical (unpaired) electrons. The molecular formula is C22H21F3N2O2. The molecule has 2 aromatic carbocycles. The number of carbonyl (C=O) groups is 2. The standard InChI is InChI=1S/C22H21F3N2O2/c1-13(28)27-9-3-5-15-11-17(7-8-20(15)27)26-21(29)19-12-18(19)14-4-2-6-16(10-14)22(23,24)25/h2,4,6-8,10-11,18-19H,3,5,9,12H2,1H3,(H,26,29). The molecule has 0 spiro atoms. The summed E-state index contributed by atoms with van der Waals surface area (Å²) in [6.45, 7) is 2.22. The minimum absolute atomic E-state index is 0.00959. The predicted molar refractivity (Wildman–Crippen MR) is 104 cm³/mol. The molecule has 2 aromatic rings. The average Bonchev–Trinajstić information content (AvgIpc) is 3.48. The Morgan fingerprint density at radius 1 is 1.14 bits per heavy atom. The van der Waals surface area contributed by atoms with Crippen molar-refractivity contribution in [1.82, 2.24) is 0 Å². The van der Waals surface area contributed by atoms with Crippen molar-refractivity contribution in [1.29, 1.82) is 0 Å². The Hall–Kier alpha value is -2.83. The maximum absolute atomic E-state index is 12.9. The lowest BCUT2D eigenvalue weighted by Gasteiger charge is -2.29. The van der Waals surface area contributed by atoms with E-state index in [1.807, 2.05) is 12.1 Å². The molecule has 2 atom stereocenters. The Morgan fingerprint density at radius 2 is 1.93 bits per heavy atom. The van der Waals surface area contributed by atoms with E-state index in [2.05, 4.69) is 5.32 Å². The number of rotatable bonds is 3. The van der Waals surface area contributed by atoms with E-state index in [4.69, 9.17) is 0 Å². The Kier molecular flexibility index (Phi) is 4.84. The summed E-state index contributed by atoms with van der Waals surface area (Å²) in [6, 6.07) is 10.7. The summed E-state index contributed by atoms with van der Waals surface area (Å²) in [5.41, 5.74) is 2.38. The lowest BCUT2D eigenvalue weighted by Crippen LogP contribution is -2.33. The monoisotopic (exact) mass is 402 g/mol. The number of nitrogens with zero attached hydrogens (tertiary/aromatic N) is 1. The number of fused-ring (bicyclic) bond motifs is 1. The molecule has 1 aliphatic heterocycles. The Bertz CT molecular complexity index is 971. The number of anilines is 2. The Balaban J connectivity index is 1.44. The first kappa shape index (κ1) is 19.5. The van der Waals surface area contributed by atoms with Crippen molar-refractivity contribution < 1.29 is 22.8 Å². The third-order valence-electron chi connectivity index (χ3n) is 5.62. The topological polar surface area (TPSA) is 49.4 Å². The van der Waals surface area contributed by atoms with Crippen molar-refractivity contribution in [3.63, 3.8) is 0 Å². The number of hydrogen-bond acceptors (Lipinski definition) is 2. The summed E-state index contributed by atoms with van der Waals surface area (Å²) in [4.78, 5) is 26.1. The van der Waals surface area contributed by atoms with Crippen LogP contribution in [0.25, 0.3) is 0 Å². The van der Waals surface area contributed by atoms with Crippen molar-refractivity contribution in [3.8, 4) is 0 Å². The molecule has 29 heavy (non-hydrogen) atoms. The molecule has 2 amide bonds. The van der Waals surface area contributed by atoms with Crippen LogP contribution in [-0.2, 0) is 22.2 Å². The number of carbonyl (C=O) groups excluding carboxylic acids is 2. The van der Waals surface area contributed by atoms with Crippen LogP contribution in [0.5, 0.6) is 0 Å². The van der Waals surface area contributed by atoms with E-state index in [1.165, 1.54) is 13.0 Å². The van der Waals surface area contributed by atoms with Gasteiger partial charge in [-0.3, -0.25) is 9.59 Å². The van der Waals surface area contributed by atoms with Gasteiger partial charge in [0.15, 0.2) is 0 Å². The van der Waals surface area contributed by atoms with Gasteiger partial charge in [-0.2, -0.15) is 13.2 Å². The summed E-state index contributed by atoms with van der Waals surface area (Å²) < 4.78 is 38.7. The van der Waals surface area contributed by atoms with E-state index in [1.54, 1.807) is 17.0 Å². The molecule has 1 fully saturated rings. The first-order valence-corrected chi connectivity index (χ1v) is 9.63. The number of nitrogens with one attached hydrogen (secondary N) is 1. The van der Waals surface area contributed by atoms with Gasteiger partial charge in [0.1, 0.15) is 0 Å². The van der Waals surface area contributed by atoms with Gasteiger partial charge in [0.2, 0.25) is 11.8 Å². The van der Waals surface area contributed by atoms with E-state index in [-0.39, 0.29) is 23.7 Å². The molecule has 4 rings (SSSR count). The average molecular weight is 402 g/mol. The fraction of sp³-hybridized carbons (Fsp3) is 0.364. The maximum Gasteiger partial charge on any atom is 0.416 e. The third-order valence-corrected chi connectivity index (χ3v) is 5.62. The maximum atomic E-state index is 12.9. The molecule has 4 nitrogen and oxygen atoms in total. The molecule has 0 bridgehead atoms. The summed E-state index contributed by atoms with van der Waals surface area (Å²) in [5.74, 6) is -0.720. The normalized spacial score (nSPS) is 20.8. The van der Waals surface area contributed by atoms with Gasteiger partial charge in [-0.15, -0.1) is 0 Å². The second-order valence-electron chi connectivity index (χ2n) is 7.68. The van der Waals surface area contributed by atoms with Crippen LogP contribution in [0, 0.1) is 5.92 Å². The first-order valence-electron chi connectivity index (χ1n) is 9.63. The fourth-order valence-corrected chi connectivity index (χ4v) is 4.04. The molecule has 152 valence electrons. The van der Waals surface area contributed by atoms with Crippen LogP contribution in [0.1, 0.15) is 42.4 Å². The van der Waals surface area contributed by atoms with Crippen molar-refractivity contribution in [3.05, 3.63) is 59.2 Å². The lowest BCUT2D eigenvalue weighted by atomic mass is 10.0. The quantitative estimate of drug-likeness (QED) is 0.806. The molecule has 0 aromatic heterocycles. The molecule has 1 aliphatic carbocycles. The zero-order chi connectivity index (χ0) is 20.8. The van der Waals surface area contributed by atoms with Gasteiger partial charge >= 0.3 is 6.18 Å². The van der Waals surface area contributed by atoms with Crippen molar-refractivity contribution in [2.75, 3.05) is 16.8 Å². The third kappa shape index (κ3) is 3.99. The van der Waals surface area contributed by atoms with E-state index >= 15 is 0 Å². The van der Waals surface area contributed by atoms with Crippen LogP contribution in [0.15, 0.2) is 42.5 Å². The lowest BCUT2D eigenvalue weighted by molar-refractivity contribution is -0.137. The fourth-order valence-electron chi connectivity index (χ4n) is 4.04. The summed E-state index contributed by atoms with van der Waals surface area (Å²) >= 11 is 0. The van der Waals surface area contributed by atoms with Crippen molar-refractivity contribution in [2.45, 2.75) is 38.3 Å². The second kappa shape index (κ2) is 7.21. The van der Waals surface area contributed by atoms with E-state index < -0.39 is 11.7 Å². The zero-order valence-electron chi connectivity index (χ0n) is 15.9. The van der Waals surface area contributed by atoms with Gasteiger partial charge in [-0.1, -0.05) is 18.2 Å². The summed E-state index contributed by atoms with van der Waals surface area (Å²) in [7, 11) is 0. The van der Waals surface area contributed by atoms with Gasteiger partial charge in [0.05, 0.1) is 5.56 Å². The van der Waals surface area contributed by atoms with Crippen molar-refractivity contribution >= 4 is 23.2 Å².